The summed E-state index contributed by atoms with van der Waals surface area (Å²) in [7, 11) is 0. The Balaban J connectivity index is 1.67. The van der Waals surface area contributed by atoms with Crippen molar-refractivity contribution in [2.45, 2.75) is 0 Å². The van der Waals surface area contributed by atoms with Gasteiger partial charge in [-0.2, -0.15) is 0 Å². The molecular weight excluding hydrogens is 344 g/mol. The van der Waals surface area contributed by atoms with Gasteiger partial charge in [0.15, 0.2) is 6.61 Å². The van der Waals surface area contributed by atoms with E-state index in [1.54, 1.807) is 36.4 Å². The zero-order valence-electron chi connectivity index (χ0n) is 13.6. The van der Waals surface area contributed by atoms with Crippen LogP contribution in [0.4, 0.5) is 11.4 Å². The molecule has 7 heteroatoms. The van der Waals surface area contributed by atoms with Gasteiger partial charge < -0.3 is 24.8 Å². The fourth-order valence-electron chi connectivity index (χ4n) is 2.58. The first-order valence-electron chi connectivity index (χ1n) is 7.96. The summed E-state index contributed by atoms with van der Waals surface area (Å²) in [6, 6.07) is 11.8. The Hall–Kier alpha value is -2.44. The number of amides is 1. The van der Waals surface area contributed by atoms with E-state index in [4.69, 9.17) is 21.1 Å². The second-order valence-electron chi connectivity index (χ2n) is 5.57. The summed E-state index contributed by atoms with van der Waals surface area (Å²) in [6.07, 6.45) is 0. The number of carbonyl (C=O) groups excluding carboxylic acids is 1. The summed E-state index contributed by atoms with van der Waals surface area (Å²) in [5.41, 5.74) is 1.38. The number of ether oxygens (including phenoxy) is 2. The van der Waals surface area contributed by atoms with E-state index in [1.807, 2.05) is 0 Å². The predicted molar refractivity (Wildman–Crippen MR) is 96.7 cm³/mol. The normalized spacial score (nSPS) is 14.2. The zero-order chi connectivity index (χ0) is 17.6. The van der Waals surface area contributed by atoms with Gasteiger partial charge >= 0.3 is 0 Å². The van der Waals surface area contributed by atoms with Gasteiger partial charge in [-0.15, -0.1) is 0 Å². The molecule has 1 fully saturated rings. The molecule has 1 aliphatic heterocycles. The van der Waals surface area contributed by atoms with Crippen molar-refractivity contribution >= 4 is 28.9 Å². The van der Waals surface area contributed by atoms with Gasteiger partial charge in [-0.25, -0.2) is 0 Å². The lowest BCUT2D eigenvalue weighted by Crippen LogP contribution is -2.37. The summed E-state index contributed by atoms with van der Waals surface area (Å²) in [5.74, 6) is 0.297. The van der Waals surface area contributed by atoms with Crippen LogP contribution in [0.3, 0.4) is 0 Å². The molecular formula is C18H19ClN2O4. The Morgan fingerprint density at radius 3 is 2.76 bits per heavy atom. The van der Waals surface area contributed by atoms with Crippen LogP contribution in [0.5, 0.6) is 11.5 Å². The molecule has 0 saturated carbocycles. The minimum absolute atomic E-state index is 0.145. The number of rotatable bonds is 5. The molecule has 2 aromatic carbocycles. The van der Waals surface area contributed by atoms with Crippen molar-refractivity contribution in [2.75, 3.05) is 43.1 Å². The van der Waals surface area contributed by atoms with Crippen LogP contribution in [0.2, 0.25) is 5.02 Å². The van der Waals surface area contributed by atoms with Gasteiger partial charge in [0.2, 0.25) is 0 Å². The number of phenolic OH excluding ortho intramolecular Hbond substituents is 1. The van der Waals surface area contributed by atoms with E-state index in [0.29, 0.717) is 42.8 Å². The second-order valence-corrected chi connectivity index (χ2v) is 5.98. The summed E-state index contributed by atoms with van der Waals surface area (Å²) >= 11 is 6.01. The molecule has 0 radical (unpaired) electrons. The minimum Gasteiger partial charge on any atom is -0.508 e. The molecule has 1 heterocycles. The number of hydrogen-bond donors (Lipinski definition) is 2. The van der Waals surface area contributed by atoms with Gasteiger partial charge in [0.1, 0.15) is 11.5 Å². The van der Waals surface area contributed by atoms with Crippen molar-refractivity contribution in [1.82, 2.24) is 0 Å². The number of aromatic hydroxyl groups is 1. The van der Waals surface area contributed by atoms with E-state index in [9.17, 15) is 9.90 Å². The number of nitrogens with one attached hydrogen (secondary N) is 1. The molecule has 132 valence electrons. The van der Waals surface area contributed by atoms with Crippen molar-refractivity contribution in [2.24, 2.45) is 0 Å². The summed E-state index contributed by atoms with van der Waals surface area (Å²) < 4.78 is 10.8. The first-order chi connectivity index (χ1) is 12.1. The molecule has 0 aromatic heterocycles. The third kappa shape index (κ3) is 4.55. The maximum Gasteiger partial charge on any atom is 0.262 e. The Morgan fingerprint density at radius 1 is 1.24 bits per heavy atom. The van der Waals surface area contributed by atoms with E-state index in [0.717, 1.165) is 5.69 Å². The van der Waals surface area contributed by atoms with Crippen molar-refractivity contribution in [3.05, 3.63) is 47.5 Å². The van der Waals surface area contributed by atoms with Crippen LogP contribution in [-0.2, 0) is 9.53 Å². The largest absolute Gasteiger partial charge is 0.508 e. The Labute approximate surface area is 150 Å². The maximum atomic E-state index is 12.2. The molecule has 0 unspecified atom stereocenters. The maximum absolute atomic E-state index is 12.2. The van der Waals surface area contributed by atoms with Crippen LogP contribution in [-0.4, -0.2) is 43.9 Å². The zero-order valence-corrected chi connectivity index (χ0v) is 14.3. The minimum atomic E-state index is -0.305. The van der Waals surface area contributed by atoms with Gasteiger partial charge in [0.05, 0.1) is 29.6 Å². The number of anilines is 2. The Bertz CT molecular complexity index is 748. The smallest absolute Gasteiger partial charge is 0.262 e. The summed E-state index contributed by atoms with van der Waals surface area (Å²) in [4.78, 5) is 14.3. The highest BCUT2D eigenvalue weighted by Crippen LogP contribution is 2.30. The van der Waals surface area contributed by atoms with Crippen LogP contribution >= 0.6 is 11.6 Å². The summed E-state index contributed by atoms with van der Waals surface area (Å²) in [5, 5.41) is 13.1. The van der Waals surface area contributed by atoms with Crippen LogP contribution in [0.25, 0.3) is 0 Å². The molecule has 0 aliphatic carbocycles. The van der Waals surface area contributed by atoms with Gasteiger partial charge in [0.25, 0.3) is 5.91 Å². The highest BCUT2D eigenvalue weighted by Gasteiger charge is 2.17. The summed E-state index contributed by atoms with van der Waals surface area (Å²) in [6.45, 7) is 2.45. The Morgan fingerprint density at radius 2 is 2.00 bits per heavy atom. The number of carbonyl (C=O) groups is 1. The van der Waals surface area contributed by atoms with E-state index in [1.165, 1.54) is 6.07 Å². The van der Waals surface area contributed by atoms with Crippen molar-refractivity contribution in [3.63, 3.8) is 0 Å². The molecule has 0 bridgehead atoms. The van der Waals surface area contributed by atoms with Crippen molar-refractivity contribution in [3.8, 4) is 11.5 Å². The number of morpholine rings is 1. The van der Waals surface area contributed by atoms with Crippen LogP contribution < -0.4 is 15.0 Å². The SMILES string of the molecule is O=C(COc1ccccc1Cl)Nc1ccc(O)cc1N1CCOCC1. The number of hydrogen-bond acceptors (Lipinski definition) is 5. The first kappa shape index (κ1) is 17.4. The van der Waals surface area contributed by atoms with E-state index in [-0.39, 0.29) is 18.3 Å². The first-order valence-corrected chi connectivity index (χ1v) is 8.34. The quantitative estimate of drug-likeness (QED) is 0.800. The number of phenols is 1. The molecule has 0 spiro atoms. The lowest BCUT2D eigenvalue weighted by Gasteiger charge is -2.30. The van der Waals surface area contributed by atoms with E-state index in [2.05, 4.69) is 10.2 Å². The number of benzene rings is 2. The molecule has 25 heavy (non-hydrogen) atoms. The highest BCUT2D eigenvalue weighted by atomic mass is 35.5. The number of para-hydroxylation sites is 1. The lowest BCUT2D eigenvalue weighted by atomic mass is 10.2. The van der Waals surface area contributed by atoms with Crippen molar-refractivity contribution < 1.29 is 19.4 Å². The lowest BCUT2D eigenvalue weighted by molar-refractivity contribution is -0.118. The van der Waals surface area contributed by atoms with Crippen molar-refractivity contribution in [1.29, 1.82) is 0 Å². The molecule has 2 aromatic rings. The Kier molecular flexibility index (Phi) is 5.63. The molecule has 3 rings (SSSR count). The third-order valence-corrected chi connectivity index (χ3v) is 4.11. The number of nitrogens with zero attached hydrogens (tertiary/aromatic N) is 1. The van der Waals surface area contributed by atoms with Gasteiger partial charge in [0, 0.05) is 19.2 Å². The molecule has 1 aliphatic rings. The average Bonchev–Trinajstić information content (AvgIpc) is 2.63. The van der Waals surface area contributed by atoms with Crippen LogP contribution in [0, 0.1) is 0 Å². The molecule has 6 nitrogen and oxygen atoms in total. The topological polar surface area (TPSA) is 71.0 Å². The van der Waals surface area contributed by atoms with Gasteiger partial charge in [-0.3, -0.25) is 4.79 Å². The van der Waals surface area contributed by atoms with Crippen LogP contribution in [0.1, 0.15) is 0 Å². The molecule has 1 saturated heterocycles. The molecule has 2 N–H and O–H groups in total. The fourth-order valence-corrected chi connectivity index (χ4v) is 2.77. The predicted octanol–water partition coefficient (Wildman–Crippen LogP) is 2.90. The third-order valence-electron chi connectivity index (χ3n) is 3.80. The fraction of sp³-hybridized carbons (Fsp3) is 0.278. The monoisotopic (exact) mass is 362 g/mol. The van der Waals surface area contributed by atoms with E-state index < -0.39 is 0 Å². The van der Waals surface area contributed by atoms with Crippen LogP contribution in [0.15, 0.2) is 42.5 Å². The number of halogens is 1. The highest BCUT2D eigenvalue weighted by molar-refractivity contribution is 6.32. The average molecular weight is 363 g/mol. The molecule has 0 atom stereocenters. The van der Waals surface area contributed by atoms with E-state index >= 15 is 0 Å². The molecule has 1 amide bonds. The standard InChI is InChI=1S/C18H19ClN2O4/c19-14-3-1-2-4-17(14)25-12-18(23)20-15-6-5-13(22)11-16(15)21-7-9-24-10-8-21/h1-6,11,22H,7-10,12H2,(H,20,23). The second kappa shape index (κ2) is 8.09. The van der Waals surface area contributed by atoms with Gasteiger partial charge in [-0.1, -0.05) is 23.7 Å². The van der Waals surface area contributed by atoms with Gasteiger partial charge in [-0.05, 0) is 24.3 Å².